The quantitative estimate of drug-likeness (QED) is 0.484. The summed E-state index contributed by atoms with van der Waals surface area (Å²) >= 11 is 6.37. The molecule has 2 heterocycles. The van der Waals surface area contributed by atoms with Gasteiger partial charge in [-0.3, -0.25) is 4.90 Å². The normalized spacial score (nSPS) is 13.8. The summed E-state index contributed by atoms with van der Waals surface area (Å²) in [7, 11) is 6.77. The van der Waals surface area contributed by atoms with Crippen LogP contribution in [0.1, 0.15) is 0 Å². The van der Waals surface area contributed by atoms with Crippen LogP contribution in [-0.2, 0) is 0 Å². The number of anilines is 5. The van der Waals surface area contributed by atoms with Crippen molar-refractivity contribution in [3.8, 4) is 11.5 Å². The zero-order valence-corrected chi connectivity index (χ0v) is 21.5. The molecule has 11 heteroatoms. The molecule has 0 spiro atoms. The first kappa shape index (κ1) is 25.3. The fourth-order valence-electron chi connectivity index (χ4n) is 3.82. The molecule has 0 unspecified atom stereocenters. The fraction of sp³-hybridized carbons (Fsp3) is 0.320. The molecule has 1 aromatic heterocycles. The minimum Gasteiger partial charge on any atom is -0.497 e. The van der Waals surface area contributed by atoms with Gasteiger partial charge in [0.2, 0.25) is 0 Å². The van der Waals surface area contributed by atoms with E-state index in [2.05, 4.69) is 49.6 Å². The van der Waals surface area contributed by atoms with E-state index < -0.39 is 6.03 Å². The number of benzene rings is 2. The molecule has 2 amide bonds. The van der Waals surface area contributed by atoms with Crippen molar-refractivity contribution >= 4 is 46.3 Å². The number of urea groups is 1. The SMILES string of the molecule is COc1cc(NC(=O)N(C)c2cc(Nc3cccc(N4CCN(C)CC4)c3)ncn2)c(Cl)c(OC)c1. The van der Waals surface area contributed by atoms with Gasteiger partial charge in [0.15, 0.2) is 0 Å². The topological polar surface area (TPSA) is 95.1 Å². The number of amides is 2. The minimum absolute atomic E-state index is 0.269. The molecule has 0 radical (unpaired) electrons. The predicted octanol–water partition coefficient (Wildman–Crippen LogP) is 4.31. The number of nitrogens with zero attached hydrogens (tertiary/aromatic N) is 5. The lowest BCUT2D eigenvalue weighted by atomic mass is 10.2. The van der Waals surface area contributed by atoms with Crippen LogP contribution < -0.4 is 29.9 Å². The van der Waals surface area contributed by atoms with Crippen LogP contribution in [0.5, 0.6) is 11.5 Å². The number of nitrogens with one attached hydrogen (secondary N) is 2. The van der Waals surface area contributed by atoms with Crippen molar-refractivity contribution in [3.05, 3.63) is 53.8 Å². The lowest BCUT2D eigenvalue weighted by molar-refractivity contribution is 0.258. The highest BCUT2D eigenvalue weighted by Crippen LogP contribution is 2.36. The van der Waals surface area contributed by atoms with Crippen LogP contribution in [0.15, 0.2) is 48.8 Å². The Kier molecular flexibility index (Phi) is 7.97. The van der Waals surface area contributed by atoms with E-state index in [0.717, 1.165) is 37.6 Å². The van der Waals surface area contributed by atoms with Gasteiger partial charge in [-0.25, -0.2) is 14.8 Å². The number of halogens is 1. The maximum absolute atomic E-state index is 13.0. The molecule has 10 nitrogen and oxygen atoms in total. The zero-order chi connectivity index (χ0) is 25.7. The monoisotopic (exact) mass is 511 g/mol. The Bertz CT molecular complexity index is 1220. The third-order valence-corrected chi connectivity index (χ3v) is 6.39. The highest BCUT2D eigenvalue weighted by Gasteiger charge is 2.18. The number of methoxy groups -OCH3 is 2. The summed E-state index contributed by atoms with van der Waals surface area (Å²) < 4.78 is 10.5. The maximum Gasteiger partial charge on any atom is 0.327 e. The number of piperazine rings is 1. The van der Waals surface area contributed by atoms with E-state index in [1.807, 2.05) is 12.1 Å². The summed E-state index contributed by atoms with van der Waals surface area (Å²) in [5.74, 6) is 1.87. The standard InChI is InChI=1S/C25H30ClN7O3/c1-31-8-10-33(11-9-31)18-7-5-6-17(12-18)29-22-15-23(28-16-27-22)32(2)25(34)30-20-13-19(35-3)14-21(36-4)24(20)26/h5-7,12-16H,8-11H2,1-4H3,(H,30,34)(H,27,28,29). The average molecular weight is 512 g/mol. The van der Waals surface area contributed by atoms with Crippen molar-refractivity contribution in [1.82, 2.24) is 14.9 Å². The smallest absolute Gasteiger partial charge is 0.327 e. The number of hydrogen-bond acceptors (Lipinski definition) is 8. The summed E-state index contributed by atoms with van der Waals surface area (Å²) in [5.41, 5.74) is 2.42. The Morgan fingerprint density at radius 3 is 2.56 bits per heavy atom. The predicted molar refractivity (Wildman–Crippen MR) is 143 cm³/mol. The first-order chi connectivity index (χ1) is 17.4. The van der Waals surface area contributed by atoms with E-state index in [-0.39, 0.29) is 5.02 Å². The number of likely N-dealkylation sites (N-methyl/N-ethyl adjacent to an activating group) is 1. The number of aromatic nitrogens is 2. The second-order valence-electron chi connectivity index (χ2n) is 8.41. The van der Waals surface area contributed by atoms with Crippen molar-refractivity contribution in [3.63, 3.8) is 0 Å². The van der Waals surface area contributed by atoms with Crippen LogP contribution in [0.2, 0.25) is 5.02 Å². The number of ether oxygens (including phenoxy) is 2. The van der Waals surface area contributed by atoms with Gasteiger partial charge in [0, 0.05) is 62.8 Å². The highest BCUT2D eigenvalue weighted by molar-refractivity contribution is 6.35. The minimum atomic E-state index is -0.436. The van der Waals surface area contributed by atoms with Gasteiger partial charge in [0.1, 0.15) is 34.5 Å². The third-order valence-electron chi connectivity index (χ3n) is 6.00. The molecule has 0 bridgehead atoms. The molecule has 1 aliphatic heterocycles. The van der Waals surface area contributed by atoms with E-state index in [1.165, 1.54) is 25.4 Å². The van der Waals surface area contributed by atoms with Gasteiger partial charge in [-0.1, -0.05) is 17.7 Å². The van der Waals surface area contributed by atoms with Gasteiger partial charge in [-0.2, -0.15) is 0 Å². The Hall–Kier alpha value is -3.76. The van der Waals surface area contributed by atoms with Crippen LogP contribution in [0.4, 0.5) is 33.5 Å². The molecule has 2 N–H and O–H groups in total. The second kappa shape index (κ2) is 11.3. The highest BCUT2D eigenvalue weighted by atomic mass is 35.5. The largest absolute Gasteiger partial charge is 0.497 e. The van der Waals surface area contributed by atoms with Crippen molar-refractivity contribution in [2.75, 3.05) is 74.9 Å². The number of carbonyl (C=O) groups is 1. The van der Waals surface area contributed by atoms with Crippen molar-refractivity contribution in [1.29, 1.82) is 0 Å². The maximum atomic E-state index is 13.0. The lowest BCUT2D eigenvalue weighted by Crippen LogP contribution is -2.44. The third kappa shape index (κ3) is 5.89. The molecule has 0 atom stereocenters. The summed E-state index contributed by atoms with van der Waals surface area (Å²) in [6.07, 6.45) is 1.41. The molecule has 0 saturated carbocycles. The molecule has 190 valence electrons. The molecule has 0 aliphatic carbocycles. The first-order valence-electron chi connectivity index (χ1n) is 11.5. The van der Waals surface area contributed by atoms with Crippen LogP contribution in [-0.4, -0.2) is 75.4 Å². The Labute approximate surface area is 215 Å². The number of rotatable bonds is 7. The van der Waals surface area contributed by atoms with Crippen molar-refractivity contribution < 1.29 is 14.3 Å². The molecule has 1 saturated heterocycles. The number of hydrogen-bond donors (Lipinski definition) is 2. The lowest BCUT2D eigenvalue weighted by Gasteiger charge is -2.34. The van der Waals surface area contributed by atoms with Crippen LogP contribution in [0, 0.1) is 0 Å². The van der Waals surface area contributed by atoms with Crippen LogP contribution in [0.25, 0.3) is 0 Å². The molecule has 36 heavy (non-hydrogen) atoms. The van der Waals surface area contributed by atoms with Gasteiger partial charge < -0.3 is 29.9 Å². The van der Waals surface area contributed by atoms with Gasteiger partial charge in [0.25, 0.3) is 0 Å². The van der Waals surface area contributed by atoms with E-state index in [4.69, 9.17) is 21.1 Å². The molecule has 4 rings (SSSR count). The summed E-state index contributed by atoms with van der Waals surface area (Å²) in [4.78, 5) is 27.6. The zero-order valence-electron chi connectivity index (χ0n) is 20.8. The summed E-state index contributed by atoms with van der Waals surface area (Å²) in [6.45, 7) is 4.05. The number of carbonyl (C=O) groups excluding carboxylic acids is 1. The first-order valence-corrected chi connectivity index (χ1v) is 11.8. The van der Waals surface area contributed by atoms with Gasteiger partial charge in [-0.05, 0) is 25.2 Å². The van der Waals surface area contributed by atoms with Crippen molar-refractivity contribution in [2.24, 2.45) is 0 Å². The molecule has 1 fully saturated rings. The van der Waals surface area contributed by atoms with Gasteiger partial charge in [0.05, 0.1) is 19.9 Å². The summed E-state index contributed by atoms with van der Waals surface area (Å²) in [6, 6.07) is 12.7. The van der Waals surface area contributed by atoms with E-state index in [0.29, 0.717) is 28.8 Å². The van der Waals surface area contributed by atoms with E-state index in [1.54, 1.807) is 25.2 Å². The Morgan fingerprint density at radius 1 is 1.06 bits per heavy atom. The Morgan fingerprint density at radius 2 is 1.83 bits per heavy atom. The molecular weight excluding hydrogens is 482 g/mol. The fourth-order valence-corrected chi connectivity index (χ4v) is 4.06. The van der Waals surface area contributed by atoms with Crippen molar-refractivity contribution in [2.45, 2.75) is 0 Å². The van der Waals surface area contributed by atoms with E-state index in [9.17, 15) is 4.79 Å². The Balaban J connectivity index is 1.46. The molecule has 2 aromatic carbocycles. The summed E-state index contributed by atoms with van der Waals surface area (Å²) in [5, 5.41) is 6.36. The van der Waals surface area contributed by atoms with E-state index >= 15 is 0 Å². The van der Waals surface area contributed by atoms with Crippen LogP contribution >= 0.6 is 11.6 Å². The average Bonchev–Trinajstić information content (AvgIpc) is 2.90. The molecular formula is C25H30ClN7O3. The second-order valence-corrected chi connectivity index (χ2v) is 8.79. The van der Waals surface area contributed by atoms with Crippen LogP contribution in [0.3, 0.4) is 0 Å². The van der Waals surface area contributed by atoms with Gasteiger partial charge >= 0.3 is 6.03 Å². The van der Waals surface area contributed by atoms with Gasteiger partial charge in [-0.15, -0.1) is 0 Å². The molecule has 3 aromatic rings. The molecule has 1 aliphatic rings.